The summed E-state index contributed by atoms with van der Waals surface area (Å²) in [6.45, 7) is 5.86. The van der Waals surface area contributed by atoms with Gasteiger partial charge < -0.3 is 16.0 Å². The summed E-state index contributed by atoms with van der Waals surface area (Å²) in [5.74, 6) is 0.0970. The molecule has 0 aliphatic rings. The van der Waals surface area contributed by atoms with Gasteiger partial charge in [-0.1, -0.05) is 0 Å². The summed E-state index contributed by atoms with van der Waals surface area (Å²) in [5, 5.41) is 10.2. The van der Waals surface area contributed by atoms with Crippen LogP contribution in [0.4, 0.5) is 5.82 Å². The quantitative estimate of drug-likeness (QED) is 0.720. The molecule has 0 aromatic carbocycles. The van der Waals surface area contributed by atoms with E-state index in [1.54, 1.807) is 12.1 Å². The number of anilines is 1. The van der Waals surface area contributed by atoms with Crippen molar-refractivity contribution < 1.29 is 4.79 Å². The number of nitrogens with one attached hydrogen (secondary N) is 1. The number of hydrogen-bond acceptors (Lipinski definition) is 5. The number of nitrogen functional groups attached to an aromatic ring is 1. The summed E-state index contributed by atoms with van der Waals surface area (Å²) in [6, 6.07) is 3.65. The van der Waals surface area contributed by atoms with Crippen LogP contribution < -0.4 is 11.1 Å². The molecule has 18 heavy (non-hydrogen) atoms. The highest BCUT2D eigenvalue weighted by molar-refractivity contribution is 5.92. The lowest BCUT2D eigenvalue weighted by atomic mass is 10.3. The Balaban J connectivity index is 2.27. The van der Waals surface area contributed by atoms with Gasteiger partial charge in [0.1, 0.15) is 5.82 Å². The zero-order valence-electron chi connectivity index (χ0n) is 11.2. The fourth-order valence-corrected chi connectivity index (χ4v) is 1.34. The SMILES string of the molecule is CC(C)N(C)CCCNC(=O)c1ccc(N)nn1. The molecule has 0 fully saturated rings. The van der Waals surface area contributed by atoms with E-state index in [0.717, 1.165) is 13.0 Å². The monoisotopic (exact) mass is 251 g/mol. The molecule has 0 spiro atoms. The molecule has 0 saturated heterocycles. The highest BCUT2D eigenvalue weighted by Gasteiger charge is 2.07. The third-order valence-electron chi connectivity index (χ3n) is 2.77. The number of nitrogens with two attached hydrogens (primary N) is 1. The van der Waals surface area contributed by atoms with Crippen LogP contribution in [-0.4, -0.2) is 47.2 Å². The molecule has 0 aliphatic carbocycles. The van der Waals surface area contributed by atoms with Gasteiger partial charge in [-0.05, 0) is 46.0 Å². The van der Waals surface area contributed by atoms with Crippen LogP contribution in [0.2, 0.25) is 0 Å². The summed E-state index contributed by atoms with van der Waals surface area (Å²) >= 11 is 0. The third kappa shape index (κ3) is 4.67. The zero-order valence-corrected chi connectivity index (χ0v) is 11.2. The summed E-state index contributed by atoms with van der Waals surface area (Å²) in [6.07, 6.45) is 0.906. The van der Waals surface area contributed by atoms with Crippen molar-refractivity contribution in [2.75, 3.05) is 25.9 Å². The van der Waals surface area contributed by atoms with Crippen LogP contribution in [0.25, 0.3) is 0 Å². The second-order valence-corrected chi connectivity index (χ2v) is 4.53. The Labute approximate surface area is 108 Å². The van der Waals surface area contributed by atoms with E-state index in [4.69, 9.17) is 5.73 Å². The molecule has 3 N–H and O–H groups in total. The molecule has 0 aliphatic heterocycles. The van der Waals surface area contributed by atoms with Crippen LogP contribution in [0.3, 0.4) is 0 Å². The fourth-order valence-electron chi connectivity index (χ4n) is 1.34. The Morgan fingerprint density at radius 2 is 2.17 bits per heavy atom. The molecular formula is C12H21N5O. The van der Waals surface area contributed by atoms with E-state index in [9.17, 15) is 4.79 Å². The topological polar surface area (TPSA) is 84.1 Å². The van der Waals surface area contributed by atoms with Gasteiger partial charge in [0.05, 0.1) is 0 Å². The van der Waals surface area contributed by atoms with Crippen molar-refractivity contribution in [3.05, 3.63) is 17.8 Å². The molecule has 0 unspecified atom stereocenters. The van der Waals surface area contributed by atoms with Crippen molar-refractivity contribution >= 4 is 11.7 Å². The van der Waals surface area contributed by atoms with Crippen LogP contribution in [0.1, 0.15) is 30.8 Å². The van der Waals surface area contributed by atoms with Gasteiger partial charge in [0.25, 0.3) is 5.91 Å². The first-order valence-corrected chi connectivity index (χ1v) is 6.08. The maximum absolute atomic E-state index is 11.7. The Hall–Kier alpha value is -1.69. The first-order chi connectivity index (χ1) is 8.50. The highest BCUT2D eigenvalue weighted by Crippen LogP contribution is 1.97. The minimum Gasteiger partial charge on any atom is -0.382 e. The van der Waals surface area contributed by atoms with E-state index >= 15 is 0 Å². The van der Waals surface area contributed by atoms with E-state index in [2.05, 4.69) is 41.3 Å². The molecule has 100 valence electrons. The normalized spacial score (nSPS) is 10.9. The fraction of sp³-hybridized carbons (Fsp3) is 0.583. The lowest BCUT2D eigenvalue weighted by Gasteiger charge is -2.20. The number of amides is 1. The van der Waals surface area contributed by atoms with Gasteiger partial charge in [-0.25, -0.2) is 0 Å². The molecule has 1 amide bonds. The van der Waals surface area contributed by atoms with Crippen molar-refractivity contribution in [1.29, 1.82) is 0 Å². The van der Waals surface area contributed by atoms with Gasteiger partial charge in [0.15, 0.2) is 5.69 Å². The second kappa shape index (κ2) is 6.90. The smallest absolute Gasteiger partial charge is 0.271 e. The number of aromatic nitrogens is 2. The van der Waals surface area contributed by atoms with E-state index in [1.807, 2.05) is 0 Å². The number of carbonyl (C=O) groups excluding carboxylic acids is 1. The van der Waals surface area contributed by atoms with Crippen LogP contribution in [0.15, 0.2) is 12.1 Å². The largest absolute Gasteiger partial charge is 0.382 e. The van der Waals surface area contributed by atoms with Crippen molar-refractivity contribution in [2.24, 2.45) is 0 Å². The van der Waals surface area contributed by atoms with Crippen molar-refractivity contribution in [3.63, 3.8) is 0 Å². The lowest BCUT2D eigenvalue weighted by molar-refractivity contribution is 0.0945. The molecule has 1 aromatic heterocycles. The van der Waals surface area contributed by atoms with Gasteiger partial charge in [-0.2, -0.15) is 0 Å². The summed E-state index contributed by atoms with van der Waals surface area (Å²) < 4.78 is 0. The predicted octanol–water partition coefficient (Wildman–Crippen LogP) is 0.519. The van der Waals surface area contributed by atoms with E-state index < -0.39 is 0 Å². The van der Waals surface area contributed by atoms with Crippen molar-refractivity contribution in [2.45, 2.75) is 26.3 Å². The minimum atomic E-state index is -0.213. The summed E-state index contributed by atoms with van der Waals surface area (Å²) in [7, 11) is 2.07. The van der Waals surface area contributed by atoms with Crippen LogP contribution in [-0.2, 0) is 0 Å². The van der Waals surface area contributed by atoms with Gasteiger partial charge in [-0.3, -0.25) is 4.79 Å². The average molecular weight is 251 g/mol. The summed E-state index contributed by atoms with van der Waals surface area (Å²) in [5.41, 5.74) is 5.69. The summed E-state index contributed by atoms with van der Waals surface area (Å²) in [4.78, 5) is 13.9. The van der Waals surface area contributed by atoms with Gasteiger partial charge in [0, 0.05) is 12.6 Å². The molecule has 1 heterocycles. The third-order valence-corrected chi connectivity index (χ3v) is 2.77. The average Bonchev–Trinajstić information content (AvgIpc) is 2.34. The lowest BCUT2D eigenvalue weighted by Crippen LogP contribution is -2.31. The van der Waals surface area contributed by atoms with E-state index in [-0.39, 0.29) is 5.91 Å². The Morgan fingerprint density at radius 3 is 2.72 bits per heavy atom. The highest BCUT2D eigenvalue weighted by atomic mass is 16.1. The molecule has 6 heteroatoms. The van der Waals surface area contributed by atoms with Crippen LogP contribution >= 0.6 is 0 Å². The Morgan fingerprint density at radius 1 is 1.44 bits per heavy atom. The molecule has 0 bridgehead atoms. The number of hydrogen-bond donors (Lipinski definition) is 2. The first-order valence-electron chi connectivity index (χ1n) is 6.08. The molecule has 0 atom stereocenters. The number of rotatable bonds is 6. The van der Waals surface area contributed by atoms with Gasteiger partial charge in [0.2, 0.25) is 0 Å². The Bertz CT molecular complexity index is 377. The molecular weight excluding hydrogens is 230 g/mol. The standard InChI is InChI=1S/C12H21N5O/c1-9(2)17(3)8-4-7-14-12(18)10-5-6-11(13)16-15-10/h5-6,9H,4,7-8H2,1-3H3,(H2,13,16)(H,14,18). The molecule has 0 saturated carbocycles. The minimum absolute atomic E-state index is 0.213. The van der Waals surface area contributed by atoms with Crippen LogP contribution in [0.5, 0.6) is 0 Å². The number of carbonyl (C=O) groups is 1. The second-order valence-electron chi connectivity index (χ2n) is 4.53. The van der Waals surface area contributed by atoms with Gasteiger partial charge >= 0.3 is 0 Å². The molecule has 6 nitrogen and oxygen atoms in total. The van der Waals surface area contributed by atoms with Crippen molar-refractivity contribution in [1.82, 2.24) is 20.4 Å². The molecule has 0 radical (unpaired) electrons. The van der Waals surface area contributed by atoms with E-state index in [0.29, 0.717) is 24.1 Å². The predicted molar refractivity (Wildman–Crippen MR) is 71.2 cm³/mol. The maximum atomic E-state index is 11.7. The maximum Gasteiger partial charge on any atom is 0.271 e. The number of nitrogens with zero attached hydrogens (tertiary/aromatic N) is 3. The molecule has 1 rings (SSSR count). The Kier molecular flexibility index (Phi) is 5.51. The zero-order chi connectivity index (χ0) is 13.5. The van der Waals surface area contributed by atoms with E-state index in [1.165, 1.54) is 0 Å². The first kappa shape index (κ1) is 14.4. The molecule has 1 aromatic rings. The van der Waals surface area contributed by atoms with Gasteiger partial charge in [-0.15, -0.1) is 10.2 Å². The van der Waals surface area contributed by atoms with Crippen molar-refractivity contribution in [3.8, 4) is 0 Å². The van der Waals surface area contributed by atoms with Crippen LogP contribution in [0, 0.1) is 0 Å².